The van der Waals surface area contributed by atoms with Gasteiger partial charge in [0.05, 0.1) is 17.9 Å². The van der Waals surface area contributed by atoms with Crippen LogP contribution in [-0.4, -0.2) is 49.3 Å². The van der Waals surface area contributed by atoms with Gasteiger partial charge in [-0.15, -0.1) is 5.10 Å². The number of nitrogens with zero attached hydrogens (tertiary/aromatic N) is 6. The Labute approximate surface area is 222 Å². The number of benzene rings is 1. The van der Waals surface area contributed by atoms with Crippen LogP contribution in [0.1, 0.15) is 22.5 Å². The first-order valence-corrected chi connectivity index (χ1v) is 12.5. The average molecular weight is 525 g/mol. The van der Waals surface area contributed by atoms with Crippen molar-refractivity contribution in [1.29, 1.82) is 0 Å². The third-order valence-corrected chi connectivity index (χ3v) is 6.49. The highest BCUT2D eigenvalue weighted by molar-refractivity contribution is 5.94. The monoisotopic (exact) mass is 524 g/mol. The van der Waals surface area contributed by atoms with Crippen molar-refractivity contribution in [3.63, 3.8) is 0 Å². The topological polar surface area (TPSA) is 109 Å². The molecule has 5 aromatic rings. The maximum atomic E-state index is 13.5. The van der Waals surface area contributed by atoms with Gasteiger partial charge < -0.3 is 15.5 Å². The molecule has 0 spiro atoms. The second kappa shape index (κ2) is 10.0. The smallest absolute Gasteiger partial charge is 0.279 e. The van der Waals surface area contributed by atoms with Gasteiger partial charge in [0.1, 0.15) is 17.7 Å². The summed E-state index contributed by atoms with van der Waals surface area (Å²) < 4.78 is 16.3. The third-order valence-electron chi connectivity index (χ3n) is 6.49. The molecule has 2 N–H and O–H groups in total. The summed E-state index contributed by atoms with van der Waals surface area (Å²) in [6.45, 7) is 0.567. The van der Waals surface area contributed by atoms with Crippen molar-refractivity contribution in [2.24, 2.45) is 0 Å². The number of amides is 1. The molecule has 1 aliphatic rings. The van der Waals surface area contributed by atoms with Crippen LogP contribution in [0.15, 0.2) is 90.1 Å². The summed E-state index contributed by atoms with van der Waals surface area (Å²) >= 11 is 0. The zero-order valence-corrected chi connectivity index (χ0v) is 21.0. The second-order valence-corrected chi connectivity index (χ2v) is 9.38. The van der Waals surface area contributed by atoms with Crippen molar-refractivity contribution < 1.29 is 9.18 Å². The van der Waals surface area contributed by atoms with Gasteiger partial charge >= 0.3 is 0 Å². The number of rotatable bonds is 8. The van der Waals surface area contributed by atoms with E-state index in [1.54, 1.807) is 48.8 Å². The van der Waals surface area contributed by atoms with Crippen LogP contribution in [0.3, 0.4) is 0 Å². The molecular formula is C28H25FN8O2. The standard InChI is InChI=1S/C28H25FN8O2/c1-35(17-18-8-3-2-4-9-18)22-15-24(32-20-10-7-13-36(28(20)39)25-11-5-6-12-30-25)34-37-23(16-31-26(22)37)27(38)33-21-14-19(21)29/h2-13,15-16,19,21H,14,17H2,1H3,(H,32,34)(H,33,38)/t19-,21+/m0/s1. The highest BCUT2D eigenvalue weighted by atomic mass is 19.1. The summed E-state index contributed by atoms with van der Waals surface area (Å²) in [5.41, 5.74) is 2.35. The van der Waals surface area contributed by atoms with E-state index in [0.717, 1.165) is 5.56 Å². The van der Waals surface area contributed by atoms with Crippen LogP contribution >= 0.6 is 0 Å². The van der Waals surface area contributed by atoms with Gasteiger partial charge in [0.25, 0.3) is 11.5 Å². The van der Waals surface area contributed by atoms with E-state index < -0.39 is 18.1 Å². The van der Waals surface area contributed by atoms with Crippen molar-refractivity contribution in [3.8, 4) is 5.82 Å². The third kappa shape index (κ3) is 4.93. The van der Waals surface area contributed by atoms with Crippen molar-refractivity contribution in [1.82, 2.24) is 29.5 Å². The van der Waals surface area contributed by atoms with Crippen LogP contribution in [0.5, 0.6) is 0 Å². The number of alkyl halides is 1. The molecule has 6 rings (SSSR count). The number of anilines is 3. The summed E-state index contributed by atoms with van der Waals surface area (Å²) in [5, 5.41) is 10.4. The predicted molar refractivity (Wildman–Crippen MR) is 145 cm³/mol. The van der Waals surface area contributed by atoms with Crippen LogP contribution in [0.2, 0.25) is 0 Å². The predicted octanol–water partition coefficient (Wildman–Crippen LogP) is 3.50. The minimum atomic E-state index is -1.04. The maximum Gasteiger partial charge on any atom is 0.279 e. The maximum absolute atomic E-state index is 13.5. The van der Waals surface area contributed by atoms with Crippen LogP contribution in [0, 0.1) is 0 Å². The summed E-state index contributed by atoms with van der Waals surface area (Å²) in [5.74, 6) is 0.346. The fourth-order valence-corrected chi connectivity index (χ4v) is 4.35. The first-order valence-electron chi connectivity index (χ1n) is 12.5. The Morgan fingerprint density at radius 3 is 2.64 bits per heavy atom. The molecule has 0 radical (unpaired) electrons. The number of nitrogens with one attached hydrogen (secondary N) is 2. The summed E-state index contributed by atoms with van der Waals surface area (Å²) in [7, 11) is 1.91. The molecular weight excluding hydrogens is 499 g/mol. The zero-order valence-electron chi connectivity index (χ0n) is 21.0. The number of fused-ring (bicyclic) bond motifs is 1. The Kier molecular flexibility index (Phi) is 6.23. The SMILES string of the molecule is CN(Cc1ccccc1)c1cc(Nc2cccn(-c3ccccn3)c2=O)nn2c(C(=O)N[C@@H]3C[C@@H]3F)cnc12. The quantitative estimate of drug-likeness (QED) is 0.320. The fourth-order valence-electron chi connectivity index (χ4n) is 4.35. The molecule has 0 aliphatic heterocycles. The molecule has 39 heavy (non-hydrogen) atoms. The largest absolute Gasteiger partial charge is 0.367 e. The van der Waals surface area contributed by atoms with E-state index in [4.69, 9.17) is 0 Å². The van der Waals surface area contributed by atoms with Gasteiger partial charge in [-0.1, -0.05) is 36.4 Å². The Hall–Kier alpha value is -5.06. The molecule has 196 valence electrons. The molecule has 1 aliphatic carbocycles. The van der Waals surface area contributed by atoms with Gasteiger partial charge in [-0.05, 0) is 29.8 Å². The second-order valence-electron chi connectivity index (χ2n) is 9.38. The van der Waals surface area contributed by atoms with Gasteiger partial charge in [0.15, 0.2) is 17.2 Å². The first kappa shape index (κ1) is 24.3. The lowest BCUT2D eigenvalue weighted by molar-refractivity contribution is 0.0940. The molecule has 10 nitrogen and oxygen atoms in total. The number of pyridine rings is 2. The Balaban J connectivity index is 1.40. The molecule has 0 saturated heterocycles. The van der Waals surface area contributed by atoms with Crippen LogP contribution in [0.4, 0.5) is 21.6 Å². The molecule has 4 heterocycles. The van der Waals surface area contributed by atoms with Crippen molar-refractivity contribution >= 4 is 28.7 Å². The van der Waals surface area contributed by atoms with E-state index in [-0.39, 0.29) is 16.9 Å². The van der Waals surface area contributed by atoms with E-state index in [9.17, 15) is 14.0 Å². The zero-order chi connectivity index (χ0) is 26.9. The number of hydrogen-bond acceptors (Lipinski definition) is 7. The van der Waals surface area contributed by atoms with E-state index in [1.165, 1.54) is 15.3 Å². The summed E-state index contributed by atoms with van der Waals surface area (Å²) in [4.78, 5) is 36.9. The Morgan fingerprint density at radius 2 is 1.90 bits per heavy atom. The lowest BCUT2D eigenvalue weighted by Crippen LogP contribution is -2.28. The number of carbonyl (C=O) groups is 1. The summed E-state index contributed by atoms with van der Waals surface area (Å²) in [6, 6.07) is 19.9. The van der Waals surface area contributed by atoms with E-state index >= 15 is 0 Å². The van der Waals surface area contributed by atoms with Crippen LogP contribution in [0.25, 0.3) is 11.5 Å². The minimum absolute atomic E-state index is 0.168. The van der Waals surface area contributed by atoms with E-state index in [0.29, 0.717) is 35.9 Å². The minimum Gasteiger partial charge on any atom is -0.367 e. The number of aromatic nitrogens is 5. The van der Waals surface area contributed by atoms with E-state index in [2.05, 4.69) is 25.7 Å². The molecule has 1 fully saturated rings. The molecule has 0 bridgehead atoms. The van der Waals surface area contributed by atoms with Gasteiger partial charge in [-0.25, -0.2) is 18.9 Å². The molecule has 4 aromatic heterocycles. The lowest BCUT2D eigenvalue weighted by atomic mass is 10.2. The number of imidazole rings is 1. The van der Waals surface area contributed by atoms with Crippen molar-refractivity contribution in [2.75, 3.05) is 17.3 Å². The van der Waals surface area contributed by atoms with Crippen LogP contribution < -0.4 is 21.1 Å². The summed E-state index contributed by atoms with van der Waals surface area (Å²) in [6.07, 6.45) is 3.94. The number of halogens is 1. The number of carbonyl (C=O) groups excluding carboxylic acids is 1. The van der Waals surface area contributed by atoms with Gasteiger partial charge in [-0.3, -0.25) is 14.2 Å². The van der Waals surface area contributed by atoms with Crippen molar-refractivity contribution in [3.05, 3.63) is 107 Å². The average Bonchev–Trinajstić information content (AvgIpc) is 3.47. The lowest BCUT2D eigenvalue weighted by Gasteiger charge is -2.21. The van der Waals surface area contributed by atoms with Gasteiger partial charge in [0, 0.05) is 38.5 Å². The van der Waals surface area contributed by atoms with Crippen LogP contribution in [-0.2, 0) is 6.54 Å². The normalized spacial score (nSPS) is 16.2. The molecule has 1 aromatic carbocycles. The molecule has 1 amide bonds. The highest BCUT2D eigenvalue weighted by Gasteiger charge is 2.39. The molecule has 11 heteroatoms. The molecule has 0 unspecified atom stereocenters. The Bertz CT molecular complexity index is 1700. The molecule has 2 atom stereocenters. The van der Waals surface area contributed by atoms with Gasteiger partial charge in [-0.2, -0.15) is 0 Å². The highest BCUT2D eigenvalue weighted by Crippen LogP contribution is 2.28. The fraction of sp³-hybridized carbons (Fsp3) is 0.179. The first-order chi connectivity index (χ1) is 19.0. The molecule has 1 saturated carbocycles. The van der Waals surface area contributed by atoms with E-state index in [1.807, 2.05) is 42.3 Å². The Morgan fingerprint density at radius 1 is 1.10 bits per heavy atom. The van der Waals surface area contributed by atoms with Crippen molar-refractivity contribution in [2.45, 2.75) is 25.2 Å². The number of hydrogen-bond donors (Lipinski definition) is 2. The van der Waals surface area contributed by atoms with Gasteiger partial charge in [0.2, 0.25) is 0 Å².